The summed E-state index contributed by atoms with van der Waals surface area (Å²) in [5, 5.41) is 24.5. The van der Waals surface area contributed by atoms with Crippen molar-refractivity contribution >= 4 is 17.8 Å². The monoisotopic (exact) mass is 492 g/mol. The lowest BCUT2D eigenvalue weighted by atomic mass is 10.1. The molecule has 9 heteroatoms. The van der Waals surface area contributed by atoms with Crippen LogP contribution in [0.1, 0.15) is 29.8 Å². The van der Waals surface area contributed by atoms with Crippen LogP contribution in [0, 0.1) is 0 Å². The Morgan fingerprint density at radius 1 is 1.09 bits per heavy atom. The molecule has 4 rings (SSSR count). The van der Waals surface area contributed by atoms with Crippen molar-refractivity contribution < 1.29 is 9.90 Å². The van der Waals surface area contributed by atoms with E-state index in [9.17, 15) is 9.90 Å². The highest BCUT2D eigenvalue weighted by Gasteiger charge is 2.35. The van der Waals surface area contributed by atoms with Crippen LogP contribution in [0.3, 0.4) is 0 Å². The number of rotatable bonds is 13. The van der Waals surface area contributed by atoms with Crippen molar-refractivity contribution in [3.63, 3.8) is 0 Å². The topological polar surface area (TPSA) is 98.2 Å². The average Bonchev–Trinajstić information content (AvgIpc) is 3.50. The normalized spacial score (nSPS) is 16.9. The number of thioether (sulfide) groups is 1. The average molecular weight is 493 g/mol. The van der Waals surface area contributed by atoms with Gasteiger partial charge in [0.2, 0.25) is 0 Å². The number of unbranched alkanes of at least 4 members (excludes halogenated alkanes) is 1. The van der Waals surface area contributed by atoms with Crippen molar-refractivity contribution in [2.45, 2.75) is 43.7 Å². The Balaban J connectivity index is 1.32. The third-order valence-electron chi connectivity index (χ3n) is 5.94. The van der Waals surface area contributed by atoms with Gasteiger partial charge in [-0.15, -0.1) is 10.2 Å². The summed E-state index contributed by atoms with van der Waals surface area (Å²) < 4.78 is 0. The number of carbonyl (C=O) groups is 1. The van der Waals surface area contributed by atoms with Crippen molar-refractivity contribution in [3.8, 4) is 0 Å². The summed E-state index contributed by atoms with van der Waals surface area (Å²) in [4.78, 5) is 17.1. The van der Waals surface area contributed by atoms with Crippen LogP contribution in [0.25, 0.3) is 0 Å². The molecular weight excluding hydrogens is 460 g/mol. The second-order valence-electron chi connectivity index (χ2n) is 8.64. The van der Waals surface area contributed by atoms with E-state index < -0.39 is 6.10 Å². The molecule has 2 N–H and O–H groups in total. The molecule has 0 radical (unpaired) electrons. The fourth-order valence-electron chi connectivity index (χ4n) is 4.16. The van der Waals surface area contributed by atoms with Crippen molar-refractivity contribution in [3.05, 3.63) is 89.8 Å². The van der Waals surface area contributed by atoms with Gasteiger partial charge in [-0.05, 0) is 29.7 Å². The van der Waals surface area contributed by atoms with Gasteiger partial charge in [0.1, 0.15) is 0 Å². The molecule has 0 aliphatic carbocycles. The molecule has 0 saturated carbocycles. The smallest absolute Gasteiger partial charge is 0.320 e. The first-order valence-electron chi connectivity index (χ1n) is 12.0. The first-order chi connectivity index (χ1) is 17.2. The summed E-state index contributed by atoms with van der Waals surface area (Å²) in [5.74, 6) is 2.41. The van der Waals surface area contributed by atoms with Gasteiger partial charge in [-0.2, -0.15) is 17.0 Å². The van der Waals surface area contributed by atoms with Crippen LogP contribution in [-0.4, -0.2) is 72.5 Å². The minimum atomic E-state index is -0.584. The molecule has 1 fully saturated rings. The molecule has 35 heavy (non-hydrogen) atoms. The maximum absolute atomic E-state index is 13.3. The Kier molecular flexibility index (Phi) is 9.31. The zero-order valence-corrected chi connectivity index (χ0v) is 20.6. The SMILES string of the molecule is O=C1N(Cc2ccccc2)C[C@H](/C=C/C(O)Cc2ccccc2)N1CCCCSCc1nn[nH]n1. The van der Waals surface area contributed by atoms with Gasteiger partial charge >= 0.3 is 6.03 Å². The highest BCUT2D eigenvalue weighted by atomic mass is 32.2. The molecule has 2 heterocycles. The van der Waals surface area contributed by atoms with Crippen molar-refractivity contribution in [1.82, 2.24) is 30.4 Å². The molecular formula is C26H32N6O2S. The lowest BCUT2D eigenvalue weighted by Crippen LogP contribution is -2.35. The van der Waals surface area contributed by atoms with Gasteiger partial charge in [-0.1, -0.05) is 78.0 Å². The first kappa shape index (κ1) is 24.9. The molecule has 0 spiro atoms. The summed E-state index contributed by atoms with van der Waals surface area (Å²) >= 11 is 1.77. The number of aliphatic hydroxyl groups is 1. The zero-order chi connectivity index (χ0) is 24.3. The van der Waals surface area contributed by atoms with Gasteiger partial charge in [-0.25, -0.2) is 4.79 Å². The maximum Gasteiger partial charge on any atom is 0.320 e. The molecule has 2 atom stereocenters. The number of aliphatic hydroxyl groups excluding tert-OH is 1. The Morgan fingerprint density at radius 3 is 2.54 bits per heavy atom. The van der Waals surface area contributed by atoms with Crippen molar-refractivity contribution in [2.24, 2.45) is 0 Å². The number of aromatic amines is 1. The van der Waals surface area contributed by atoms with Crippen LogP contribution in [0.15, 0.2) is 72.8 Å². The molecule has 1 unspecified atom stereocenters. The van der Waals surface area contributed by atoms with Gasteiger partial charge in [-0.3, -0.25) is 0 Å². The molecule has 1 saturated heterocycles. The molecule has 8 nitrogen and oxygen atoms in total. The zero-order valence-electron chi connectivity index (χ0n) is 19.7. The minimum absolute atomic E-state index is 0.0522. The number of nitrogens with zero attached hydrogens (tertiary/aromatic N) is 5. The predicted octanol–water partition coefficient (Wildman–Crippen LogP) is 3.68. The van der Waals surface area contributed by atoms with Crippen molar-refractivity contribution in [2.75, 3.05) is 18.8 Å². The molecule has 2 amide bonds. The maximum atomic E-state index is 13.3. The fourth-order valence-corrected chi connectivity index (χ4v) is 5.02. The van der Waals surface area contributed by atoms with E-state index in [1.54, 1.807) is 11.8 Å². The quantitative estimate of drug-likeness (QED) is 0.279. The van der Waals surface area contributed by atoms with Gasteiger partial charge in [0.15, 0.2) is 5.82 Å². The number of nitrogens with one attached hydrogen (secondary N) is 1. The molecule has 1 aliphatic heterocycles. The van der Waals surface area contributed by atoms with Gasteiger partial charge in [0.25, 0.3) is 0 Å². The Morgan fingerprint density at radius 2 is 1.83 bits per heavy atom. The van der Waals surface area contributed by atoms with E-state index in [4.69, 9.17) is 0 Å². The lowest BCUT2D eigenvalue weighted by Gasteiger charge is -2.21. The number of carbonyl (C=O) groups excluding carboxylic acids is 1. The van der Waals surface area contributed by atoms with Crippen LogP contribution in [0.2, 0.25) is 0 Å². The van der Waals surface area contributed by atoms with Crippen LogP contribution in [0.4, 0.5) is 4.79 Å². The number of H-pyrrole nitrogens is 1. The van der Waals surface area contributed by atoms with E-state index in [1.165, 1.54) is 0 Å². The van der Waals surface area contributed by atoms with Crippen LogP contribution in [-0.2, 0) is 18.7 Å². The van der Waals surface area contributed by atoms with E-state index in [0.717, 1.165) is 35.5 Å². The molecule has 2 aromatic carbocycles. The molecule has 3 aromatic rings. The summed E-state index contributed by atoms with van der Waals surface area (Å²) in [5.41, 5.74) is 2.21. The molecule has 184 valence electrons. The minimum Gasteiger partial charge on any atom is -0.389 e. The van der Waals surface area contributed by atoms with Crippen LogP contribution in [0.5, 0.6) is 0 Å². The van der Waals surface area contributed by atoms with Crippen LogP contribution >= 0.6 is 11.8 Å². The van der Waals surface area contributed by atoms with E-state index >= 15 is 0 Å². The van der Waals surface area contributed by atoms with E-state index in [1.807, 2.05) is 82.6 Å². The lowest BCUT2D eigenvalue weighted by molar-refractivity contribution is 0.187. The third-order valence-corrected chi connectivity index (χ3v) is 6.98. The number of urea groups is 1. The van der Waals surface area contributed by atoms with E-state index in [-0.39, 0.29) is 12.1 Å². The highest BCUT2D eigenvalue weighted by molar-refractivity contribution is 7.98. The Hall–Kier alpha value is -3.17. The highest BCUT2D eigenvalue weighted by Crippen LogP contribution is 2.21. The summed E-state index contributed by atoms with van der Waals surface area (Å²) in [6.07, 6.45) is 5.73. The number of aromatic nitrogens is 4. The second kappa shape index (κ2) is 13.1. The molecule has 0 bridgehead atoms. The fraction of sp³-hybridized carbons (Fsp3) is 0.385. The number of amides is 2. The number of tetrazole rings is 1. The summed E-state index contributed by atoms with van der Waals surface area (Å²) in [6, 6.07) is 20.0. The Bertz CT molecular complexity index is 1050. The molecule has 1 aliphatic rings. The number of hydrogen-bond acceptors (Lipinski definition) is 6. The predicted molar refractivity (Wildman–Crippen MR) is 138 cm³/mol. The van der Waals surface area contributed by atoms with Crippen molar-refractivity contribution in [1.29, 1.82) is 0 Å². The third kappa shape index (κ3) is 7.66. The summed E-state index contributed by atoms with van der Waals surface area (Å²) in [7, 11) is 0. The number of hydrogen-bond donors (Lipinski definition) is 2. The second-order valence-corrected chi connectivity index (χ2v) is 9.74. The summed E-state index contributed by atoms with van der Waals surface area (Å²) in [6.45, 7) is 1.90. The number of benzene rings is 2. The molecule has 1 aromatic heterocycles. The van der Waals surface area contributed by atoms with E-state index in [2.05, 4.69) is 20.6 Å². The van der Waals surface area contributed by atoms with E-state index in [0.29, 0.717) is 31.9 Å². The van der Waals surface area contributed by atoms with Crippen LogP contribution < -0.4 is 0 Å². The Labute approximate surface area is 210 Å². The van der Waals surface area contributed by atoms with Gasteiger partial charge in [0.05, 0.1) is 17.9 Å². The largest absolute Gasteiger partial charge is 0.389 e. The van der Waals surface area contributed by atoms with Gasteiger partial charge in [0, 0.05) is 26.1 Å². The first-order valence-corrected chi connectivity index (χ1v) is 13.1. The van der Waals surface area contributed by atoms with Gasteiger partial charge < -0.3 is 14.9 Å². The standard InChI is InChI=1S/C26H32N6O2S/c33-24(17-21-9-3-1-4-10-21)14-13-23-19-31(18-22-11-5-2-6-12-22)26(34)32(23)15-7-8-16-35-20-25-27-29-30-28-25/h1-6,9-14,23-24,33H,7-8,15-20H2,(H,27,28,29,30)/b14-13+/t23-,24?/m0/s1.